The fraction of sp³-hybridized carbons (Fsp3) is 0.386. The van der Waals surface area contributed by atoms with Gasteiger partial charge in [-0.1, -0.05) is 25.5 Å². The number of nitrogens with zero attached hydrogens (tertiary/aromatic N) is 11. The summed E-state index contributed by atoms with van der Waals surface area (Å²) in [6, 6.07) is 32.2. The third kappa shape index (κ3) is 15.1. The van der Waals surface area contributed by atoms with Crippen LogP contribution >= 0.6 is 11.3 Å². The standard InChI is InChI=1S/C19H21FN2S.C19H22N4O.C18H19FN4O.C14H18N4O/c1-2-13-4-3-9-22(12-13)19-8-7-18(23-19)17-10-14-5-6-15(20)11-16(14)21-17;1-13-4-6-16-17(9-13)22-19(21-16)15-5-7-18(20-10-15)23-8-2-3-14(11-23)12-24;19-14-4-5-15-16(8-14)22-18(21-15)13-3-6-17(20-9-13)23-7-1-2-12(10-23)11-24;19-10-11-2-1-7-18(9-11)13-4-3-12(8-17-13)14-15-5-6-16-14/h5-8,11,13H,2-4,9-10,12H2,1H3;4-7,9-10,14,24H,2-3,8,11-12H2,1H3,(H,21,22);3-6,8-9,12,24H,1-2,7,10-11H2,(H,21,22);3-6,8,11,19H,1-2,7,9-10H2,(H,15,16). The van der Waals surface area contributed by atoms with Gasteiger partial charge >= 0.3 is 0 Å². The van der Waals surface area contributed by atoms with E-state index in [1.807, 2.05) is 66.2 Å². The number of hydrogen-bond acceptors (Lipinski definition) is 15. The summed E-state index contributed by atoms with van der Waals surface area (Å²) in [4.78, 5) is 51.7. The van der Waals surface area contributed by atoms with Gasteiger partial charge in [-0.05, 0) is 184 Å². The Balaban J connectivity index is 0.000000117. The van der Waals surface area contributed by atoms with E-state index < -0.39 is 0 Å². The Hall–Kier alpha value is -8.43. The van der Waals surface area contributed by atoms with Crippen LogP contribution in [0.25, 0.3) is 56.2 Å². The van der Waals surface area contributed by atoms with Gasteiger partial charge in [-0.3, -0.25) is 4.99 Å². The first-order valence-corrected chi connectivity index (χ1v) is 32.7. The van der Waals surface area contributed by atoms with Crippen molar-refractivity contribution in [3.05, 3.63) is 162 Å². The summed E-state index contributed by atoms with van der Waals surface area (Å²) in [6.07, 6.45) is 20.4. The van der Waals surface area contributed by atoms with E-state index >= 15 is 0 Å². The molecule has 0 saturated carbocycles. The number of aliphatic hydroxyl groups is 3. The highest BCUT2D eigenvalue weighted by molar-refractivity contribution is 7.18. The number of imidazole rings is 3. The lowest BCUT2D eigenvalue weighted by molar-refractivity contribution is 0.208. The van der Waals surface area contributed by atoms with E-state index in [4.69, 9.17) is 0 Å². The first kappa shape index (κ1) is 61.8. The lowest BCUT2D eigenvalue weighted by atomic mass is 9.96. The summed E-state index contributed by atoms with van der Waals surface area (Å²) in [7, 11) is 0. The predicted octanol–water partition coefficient (Wildman–Crippen LogP) is 13.0. The molecule has 0 bridgehead atoms. The summed E-state index contributed by atoms with van der Waals surface area (Å²) in [5.74, 6) is 6.63. The van der Waals surface area contributed by atoms with E-state index in [2.05, 4.69) is 114 Å². The molecule has 3 aromatic carbocycles. The molecular formula is C70H80F2N14O3S. The van der Waals surface area contributed by atoms with E-state index in [0.29, 0.717) is 29.1 Å². The second kappa shape index (κ2) is 29.0. The Labute approximate surface area is 528 Å². The van der Waals surface area contributed by atoms with Crippen molar-refractivity contribution in [2.24, 2.45) is 28.7 Å². The number of benzene rings is 3. The molecule has 7 aromatic heterocycles. The SMILES string of the molecule is CCC1CCCN(c2ccc(C3=Nc4cc(F)ccc4C3)s2)C1.Cc1ccc2nc(-c3ccc(N4CCCC(CO)C4)nc3)[nH]c2c1.OCC1CCCN(c2ccc(-c3nc4ccc(F)cc4[nH]3)cn2)C1.OCC1CCCN(c2ccc(-c3ncc[nH]3)cn2)C1. The zero-order valence-electron chi connectivity index (χ0n) is 51.3. The van der Waals surface area contributed by atoms with Crippen molar-refractivity contribution in [2.75, 3.05) is 91.8 Å². The second-order valence-electron chi connectivity index (χ2n) is 24.4. The number of anilines is 4. The molecule has 0 amide bonds. The minimum atomic E-state index is -0.283. The summed E-state index contributed by atoms with van der Waals surface area (Å²) in [5, 5.41) is 29.3. The number of piperidine rings is 4. The lowest BCUT2D eigenvalue weighted by Gasteiger charge is -2.32. The number of aliphatic imine (C=N–C) groups is 1. The minimum Gasteiger partial charge on any atom is -0.396 e. The van der Waals surface area contributed by atoms with Crippen LogP contribution in [0.15, 0.2) is 139 Å². The quantitative estimate of drug-likeness (QED) is 0.0673. The summed E-state index contributed by atoms with van der Waals surface area (Å²) < 4.78 is 26.6. The Morgan fingerprint density at radius 1 is 0.533 bits per heavy atom. The molecule has 4 fully saturated rings. The zero-order valence-corrected chi connectivity index (χ0v) is 52.1. The van der Waals surface area contributed by atoms with Crippen LogP contribution in [0.5, 0.6) is 0 Å². The van der Waals surface area contributed by atoms with Crippen LogP contribution in [0, 0.1) is 42.2 Å². The Kier molecular flexibility index (Phi) is 19.9. The molecule has 0 radical (unpaired) electrons. The van der Waals surface area contributed by atoms with Gasteiger partial charge < -0.3 is 49.9 Å². The van der Waals surface area contributed by atoms with E-state index in [9.17, 15) is 24.1 Å². The zero-order chi connectivity index (χ0) is 61.9. The average molecular weight is 1240 g/mol. The number of aromatic nitrogens is 9. The molecule has 0 aliphatic carbocycles. The first-order chi connectivity index (χ1) is 44.0. The number of pyridine rings is 3. The van der Waals surface area contributed by atoms with E-state index in [-0.39, 0.29) is 31.5 Å². The third-order valence-electron chi connectivity index (χ3n) is 17.9. The molecule has 90 heavy (non-hydrogen) atoms. The van der Waals surface area contributed by atoms with Crippen LogP contribution < -0.4 is 19.6 Å². The number of H-pyrrole nitrogens is 3. The molecule has 20 heteroatoms. The molecule has 4 atom stereocenters. The van der Waals surface area contributed by atoms with Crippen molar-refractivity contribution in [3.8, 4) is 34.2 Å². The van der Waals surface area contributed by atoms with Crippen molar-refractivity contribution >= 4 is 67.3 Å². The molecule has 0 spiro atoms. The minimum absolute atomic E-state index is 0.209. The number of halogens is 2. The number of thiophene rings is 1. The highest BCUT2D eigenvalue weighted by Gasteiger charge is 2.26. The lowest BCUT2D eigenvalue weighted by Crippen LogP contribution is -2.37. The van der Waals surface area contributed by atoms with E-state index in [1.165, 1.54) is 65.5 Å². The van der Waals surface area contributed by atoms with Gasteiger partial charge in [0.05, 0.1) is 43.3 Å². The highest BCUT2D eigenvalue weighted by atomic mass is 32.1. The Bertz CT molecular complexity index is 3820. The first-order valence-electron chi connectivity index (χ1n) is 31.8. The maximum absolute atomic E-state index is 13.3. The number of aliphatic hydroxyl groups excluding tert-OH is 3. The fourth-order valence-electron chi connectivity index (χ4n) is 12.8. The van der Waals surface area contributed by atoms with Gasteiger partial charge in [0, 0.05) is 126 Å². The van der Waals surface area contributed by atoms with Crippen LogP contribution in [0.2, 0.25) is 0 Å². The van der Waals surface area contributed by atoms with Gasteiger partial charge in [0.25, 0.3) is 0 Å². The van der Waals surface area contributed by atoms with Crippen LogP contribution in [0.4, 0.5) is 36.9 Å². The van der Waals surface area contributed by atoms with Crippen LogP contribution in [0.3, 0.4) is 0 Å². The molecule has 17 nitrogen and oxygen atoms in total. The topological polar surface area (TPSA) is 211 Å². The van der Waals surface area contributed by atoms with Crippen LogP contribution in [-0.4, -0.2) is 138 Å². The molecule has 5 aliphatic heterocycles. The molecule has 10 aromatic rings. The fourth-order valence-corrected chi connectivity index (χ4v) is 13.8. The Morgan fingerprint density at radius 2 is 1.03 bits per heavy atom. The number of aromatic amines is 3. The average Bonchev–Trinajstić information content (AvgIpc) is 2.15. The normalized spacial score (nSPS) is 19.1. The number of rotatable bonds is 12. The smallest absolute Gasteiger partial charge is 0.140 e. The molecule has 4 saturated heterocycles. The third-order valence-corrected chi connectivity index (χ3v) is 19.1. The van der Waals surface area contributed by atoms with Gasteiger partial charge in [0.1, 0.15) is 46.6 Å². The number of aryl methyl sites for hydroxylation is 1. The molecule has 12 heterocycles. The summed E-state index contributed by atoms with van der Waals surface area (Å²) in [5.41, 5.74) is 10.5. The maximum Gasteiger partial charge on any atom is 0.140 e. The summed E-state index contributed by atoms with van der Waals surface area (Å²) >= 11 is 1.83. The van der Waals surface area contributed by atoms with E-state index in [1.54, 1.807) is 24.7 Å². The van der Waals surface area contributed by atoms with Gasteiger partial charge in [-0.15, -0.1) is 11.3 Å². The monoisotopic (exact) mass is 1230 g/mol. The van der Waals surface area contributed by atoms with Crippen molar-refractivity contribution in [3.63, 3.8) is 0 Å². The van der Waals surface area contributed by atoms with Crippen molar-refractivity contribution < 1.29 is 24.1 Å². The highest BCUT2D eigenvalue weighted by Crippen LogP contribution is 2.36. The van der Waals surface area contributed by atoms with Crippen LogP contribution in [0.1, 0.15) is 80.7 Å². The largest absolute Gasteiger partial charge is 0.396 e. The number of fused-ring (bicyclic) bond motifs is 3. The summed E-state index contributed by atoms with van der Waals surface area (Å²) in [6.45, 7) is 13.1. The van der Waals surface area contributed by atoms with Crippen LogP contribution in [-0.2, 0) is 6.42 Å². The molecule has 15 rings (SSSR count). The molecule has 6 N–H and O–H groups in total. The van der Waals surface area contributed by atoms with Gasteiger partial charge in [-0.25, -0.2) is 38.7 Å². The number of hydrogen-bond donors (Lipinski definition) is 6. The van der Waals surface area contributed by atoms with Crippen molar-refractivity contribution in [1.29, 1.82) is 0 Å². The molecule has 5 aliphatic rings. The molecule has 4 unspecified atom stereocenters. The van der Waals surface area contributed by atoms with Gasteiger partial charge in [0.2, 0.25) is 0 Å². The molecule has 468 valence electrons. The van der Waals surface area contributed by atoms with Crippen molar-refractivity contribution in [1.82, 2.24) is 44.9 Å². The van der Waals surface area contributed by atoms with E-state index in [0.717, 1.165) is 176 Å². The Morgan fingerprint density at radius 3 is 1.56 bits per heavy atom. The van der Waals surface area contributed by atoms with Crippen molar-refractivity contribution in [2.45, 2.75) is 78.1 Å². The maximum atomic E-state index is 13.3. The van der Waals surface area contributed by atoms with Gasteiger partial charge in [0.15, 0.2) is 0 Å². The van der Waals surface area contributed by atoms with Gasteiger partial charge in [-0.2, -0.15) is 0 Å². The predicted molar refractivity (Wildman–Crippen MR) is 357 cm³/mol. The second-order valence-corrected chi connectivity index (χ2v) is 25.5. The molecular weight excluding hydrogens is 1150 g/mol. The number of nitrogens with one attached hydrogen (secondary N) is 3.